The molecule has 1 amide bonds. The molecule has 0 radical (unpaired) electrons. The molecular formula is C15H12ClN3OS. The highest BCUT2D eigenvalue weighted by molar-refractivity contribution is 7.13. The molecule has 3 aromatic rings. The largest absolute Gasteiger partial charge is 0.348 e. The number of halogens is 1. The molecule has 0 fully saturated rings. The Bertz CT molecular complexity index is 735. The quantitative estimate of drug-likeness (QED) is 0.770. The Balaban J connectivity index is 1.72. The first kappa shape index (κ1) is 13.9. The molecule has 2 heterocycles. The summed E-state index contributed by atoms with van der Waals surface area (Å²) >= 11 is 7.40. The van der Waals surface area contributed by atoms with Gasteiger partial charge in [-0.05, 0) is 29.1 Å². The molecule has 0 aliphatic heterocycles. The molecular weight excluding hydrogens is 306 g/mol. The fraction of sp³-hybridized carbons (Fsp3) is 0.0667. The first-order chi connectivity index (χ1) is 10.2. The molecule has 3 rings (SSSR count). The summed E-state index contributed by atoms with van der Waals surface area (Å²) in [6.45, 7) is 0.449. The summed E-state index contributed by atoms with van der Waals surface area (Å²) in [7, 11) is 0. The van der Waals surface area contributed by atoms with Crippen LogP contribution in [-0.2, 0) is 6.54 Å². The number of carbonyl (C=O) groups is 1. The van der Waals surface area contributed by atoms with Gasteiger partial charge in [-0.3, -0.25) is 9.89 Å². The van der Waals surface area contributed by atoms with E-state index in [1.165, 1.54) is 0 Å². The number of nitrogens with zero attached hydrogens (tertiary/aromatic N) is 1. The van der Waals surface area contributed by atoms with E-state index in [4.69, 9.17) is 11.6 Å². The fourth-order valence-electron chi connectivity index (χ4n) is 1.95. The third-order valence-electron chi connectivity index (χ3n) is 3.02. The molecule has 1 aromatic carbocycles. The number of amides is 1. The van der Waals surface area contributed by atoms with Crippen LogP contribution in [0.5, 0.6) is 0 Å². The van der Waals surface area contributed by atoms with Gasteiger partial charge in [0, 0.05) is 11.6 Å². The molecule has 0 atom stereocenters. The monoisotopic (exact) mass is 317 g/mol. The molecule has 0 spiro atoms. The number of carbonyl (C=O) groups excluding carboxylic acids is 1. The van der Waals surface area contributed by atoms with E-state index in [0.717, 1.165) is 16.1 Å². The molecule has 0 unspecified atom stereocenters. The standard InChI is InChI=1S/C15H12ClN3OS/c16-11-5-3-10(4-6-11)8-17-15(20)12-9-18-19-14(12)13-2-1-7-21-13/h1-7,9H,8H2,(H,17,20)(H,18,19). The Morgan fingerprint density at radius 1 is 1.29 bits per heavy atom. The number of rotatable bonds is 4. The summed E-state index contributed by atoms with van der Waals surface area (Å²) in [6.07, 6.45) is 1.55. The zero-order chi connectivity index (χ0) is 14.7. The number of thiophene rings is 1. The molecule has 2 aromatic heterocycles. The Morgan fingerprint density at radius 2 is 2.10 bits per heavy atom. The Hall–Kier alpha value is -2.11. The van der Waals surface area contributed by atoms with Crippen molar-refractivity contribution in [2.75, 3.05) is 0 Å². The summed E-state index contributed by atoms with van der Waals surface area (Å²) in [4.78, 5) is 13.3. The number of aromatic nitrogens is 2. The van der Waals surface area contributed by atoms with Crippen molar-refractivity contribution in [1.29, 1.82) is 0 Å². The maximum atomic E-state index is 12.3. The third kappa shape index (κ3) is 3.15. The Labute approximate surface area is 130 Å². The molecule has 0 saturated carbocycles. The summed E-state index contributed by atoms with van der Waals surface area (Å²) in [6, 6.07) is 11.3. The average Bonchev–Trinajstić information content (AvgIpc) is 3.16. The third-order valence-corrected chi connectivity index (χ3v) is 4.16. The lowest BCUT2D eigenvalue weighted by Gasteiger charge is -2.05. The molecule has 0 saturated heterocycles. The number of H-pyrrole nitrogens is 1. The molecule has 21 heavy (non-hydrogen) atoms. The lowest BCUT2D eigenvalue weighted by atomic mass is 10.2. The fourth-order valence-corrected chi connectivity index (χ4v) is 2.81. The topological polar surface area (TPSA) is 57.8 Å². The Kier molecular flexibility index (Phi) is 4.03. The van der Waals surface area contributed by atoms with Crippen molar-refractivity contribution in [3.63, 3.8) is 0 Å². The van der Waals surface area contributed by atoms with E-state index < -0.39 is 0 Å². The number of nitrogens with one attached hydrogen (secondary N) is 2. The van der Waals surface area contributed by atoms with Gasteiger partial charge in [0.25, 0.3) is 5.91 Å². The van der Waals surface area contributed by atoms with Crippen LogP contribution in [0, 0.1) is 0 Å². The van der Waals surface area contributed by atoms with E-state index in [1.54, 1.807) is 29.7 Å². The highest BCUT2D eigenvalue weighted by Gasteiger charge is 2.15. The second-order valence-corrected chi connectivity index (χ2v) is 5.83. The van der Waals surface area contributed by atoms with E-state index in [2.05, 4.69) is 15.5 Å². The van der Waals surface area contributed by atoms with E-state index in [9.17, 15) is 4.79 Å². The molecule has 0 aliphatic rings. The van der Waals surface area contributed by atoms with Gasteiger partial charge in [0.1, 0.15) is 0 Å². The summed E-state index contributed by atoms with van der Waals surface area (Å²) in [5.41, 5.74) is 2.29. The second-order valence-electron chi connectivity index (χ2n) is 4.45. The van der Waals surface area contributed by atoms with Crippen molar-refractivity contribution in [1.82, 2.24) is 15.5 Å². The van der Waals surface area contributed by atoms with Gasteiger partial charge < -0.3 is 5.32 Å². The second kappa shape index (κ2) is 6.11. The van der Waals surface area contributed by atoms with E-state index in [-0.39, 0.29) is 5.91 Å². The Morgan fingerprint density at radius 3 is 2.81 bits per heavy atom. The number of benzene rings is 1. The zero-order valence-corrected chi connectivity index (χ0v) is 12.5. The molecule has 106 valence electrons. The molecule has 6 heteroatoms. The minimum Gasteiger partial charge on any atom is -0.348 e. The van der Waals surface area contributed by atoms with Crippen LogP contribution in [-0.4, -0.2) is 16.1 Å². The van der Waals surface area contributed by atoms with Gasteiger partial charge in [0.05, 0.1) is 22.3 Å². The van der Waals surface area contributed by atoms with Gasteiger partial charge >= 0.3 is 0 Å². The lowest BCUT2D eigenvalue weighted by molar-refractivity contribution is 0.0951. The van der Waals surface area contributed by atoms with E-state index in [1.807, 2.05) is 29.6 Å². The molecule has 0 bridgehead atoms. The smallest absolute Gasteiger partial charge is 0.255 e. The lowest BCUT2D eigenvalue weighted by Crippen LogP contribution is -2.22. The molecule has 0 aliphatic carbocycles. The SMILES string of the molecule is O=C(NCc1ccc(Cl)cc1)c1cn[nH]c1-c1cccs1. The number of hydrogen-bond acceptors (Lipinski definition) is 3. The zero-order valence-electron chi connectivity index (χ0n) is 11.0. The minimum atomic E-state index is -0.151. The first-order valence-electron chi connectivity index (χ1n) is 6.34. The van der Waals surface area contributed by atoms with Gasteiger partial charge in [-0.1, -0.05) is 29.8 Å². The highest BCUT2D eigenvalue weighted by atomic mass is 35.5. The van der Waals surface area contributed by atoms with Gasteiger partial charge in [-0.15, -0.1) is 11.3 Å². The van der Waals surface area contributed by atoms with Crippen molar-refractivity contribution in [3.8, 4) is 10.6 Å². The van der Waals surface area contributed by atoms with Crippen LogP contribution in [0.25, 0.3) is 10.6 Å². The maximum Gasteiger partial charge on any atom is 0.255 e. The minimum absolute atomic E-state index is 0.151. The van der Waals surface area contributed by atoms with Crippen LogP contribution >= 0.6 is 22.9 Å². The van der Waals surface area contributed by atoms with Crippen molar-refractivity contribution in [2.45, 2.75) is 6.54 Å². The predicted molar refractivity (Wildman–Crippen MR) is 84.5 cm³/mol. The van der Waals surface area contributed by atoms with Gasteiger partial charge in [-0.25, -0.2) is 0 Å². The van der Waals surface area contributed by atoms with Crippen LogP contribution in [0.15, 0.2) is 48.0 Å². The van der Waals surface area contributed by atoms with Crippen LogP contribution in [0.3, 0.4) is 0 Å². The average molecular weight is 318 g/mol. The van der Waals surface area contributed by atoms with Gasteiger partial charge in [0.15, 0.2) is 0 Å². The summed E-state index contributed by atoms with van der Waals surface area (Å²) < 4.78 is 0. The highest BCUT2D eigenvalue weighted by Crippen LogP contribution is 2.25. The van der Waals surface area contributed by atoms with Crippen LogP contribution < -0.4 is 5.32 Å². The number of hydrogen-bond donors (Lipinski definition) is 2. The molecule has 2 N–H and O–H groups in total. The van der Waals surface area contributed by atoms with Crippen LogP contribution in [0.4, 0.5) is 0 Å². The number of aromatic amines is 1. The normalized spacial score (nSPS) is 10.5. The van der Waals surface area contributed by atoms with Gasteiger partial charge in [-0.2, -0.15) is 5.10 Å². The summed E-state index contributed by atoms with van der Waals surface area (Å²) in [5, 5.41) is 12.4. The van der Waals surface area contributed by atoms with Crippen molar-refractivity contribution < 1.29 is 4.79 Å². The summed E-state index contributed by atoms with van der Waals surface area (Å²) in [5.74, 6) is -0.151. The van der Waals surface area contributed by atoms with Crippen LogP contribution in [0.2, 0.25) is 5.02 Å². The molecule has 4 nitrogen and oxygen atoms in total. The first-order valence-corrected chi connectivity index (χ1v) is 7.59. The van der Waals surface area contributed by atoms with Crippen molar-refractivity contribution in [2.24, 2.45) is 0 Å². The van der Waals surface area contributed by atoms with E-state index in [0.29, 0.717) is 17.1 Å². The predicted octanol–water partition coefficient (Wildman–Crippen LogP) is 3.72. The van der Waals surface area contributed by atoms with E-state index >= 15 is 0 Å². The van der Waals surface area contributed by atoms with Crippen molar-refractivity contribution >= 4 is 28.8 Å². The van der Waals surface area contributed by atoms with Crippen LogP contribution in [0.1, 0.15) is 15.9 Å². The van der Waals surface area contributed by atoms with Gasteiger partial charge in [0.2, 0.25) is 0 Å². The van der Waals surface area contributed by atoms with Crippen molar-refractivity contribution in [3.05, 3.63) is 64.1 Å². The maximum absolute atomic E-state index is 12.3.